The minimum atomic E-state index is -0.0864. The van der Waals surface area contributed by atoms with E-state index in [0.717, 1.165) is 35.8 Å². The molecule has 0 aromatic carbocycles. The fraction of sp³-hybridized carbons (Fsp3) is 0.389. The first-order chi connectivity index (χ1) is 12.3. The van der Waals surface area contributed by atoms with E-state index in [0.29, 0.717) is 18.8 Å². The van der Waals surface area contributed by atoms with Crippen LogP contribution in [0.1, 0.15) is 34.7 Å². The molecule has 0 radical (unpaired) electrons. The summed E-state index contributed by atoms with van der Waals surface area (Å²) in [5.41, 5.74) is 3.83. The van der Waals surface area contributed by atoms with Gasteiger partial charge in [0.2, 0.25) is 0 Å². The van der Waals surface area contributed by atoms with Crippen molar-refractivity contribution >= 4 is 5.91 Å². The topological polar surface area (TPSA) is 77.3 Å². The molecule has 128 valence electrons. The molecule has 0 N–H and O–H groups in total. The van der Waals surface area contributed by atoms with E-state index in [1.54, 1.807) is 18.4 Å². The van der Waals surface area contributed by atoms with Crippen molar-refractivity contribution in [1.29, 1.82) is 0 Å². The zero-order chi connectivity index (χ0) is 16.8. The third-order valence-electron chi connectivity index (χ3n) is 4.96. The highest BCUT2D eigenvalue weighted by Gasteiger charge is 2.32. The van der Waals surface area contributed by atoms with Gasteiger partial charge in [0.1, 0.15) is 17.7 Å². The van der Waals surface area contributed by atoms with Crippen LogP contribution in [-0.2, 0) is 19.5 Å². The van der Waals surface area contributed by atoms with Crippen LogP contribution in [0.15, 0.2) is 39.9 Å². The van der Waals surface area contributed by atoms with Gasteiger partial charge in [-0.05, 0) is 30.9 Å². The molecular formula is C18H18N4O3. The average Bonchev–Trinajstić information content (AvgIpc) is 3.08. The minimum Gasteiger partial charge on any atom is -0.459 e. The summed E-state index contributed by atoms with van der Waals surface area (Å²) in [5.74, 6) is 1.02. The molecule has 5 rings (SSSR count). The summed E-state index contributed by atoms with van der Waals surface area (Å²) < 4.78 is 12.5. The number of hydrogen-bond donors (Lipinski definition) is 0. The van der Waals surface area contributed by atoms with Crippen molar-refractivity contribution in [2.45, 2.75) is 32.4 Å². The number of oxazole rings is 1. The molecule has 1 fully saturated rings. The fourth-order valence-corrected chi connectivity index (χ4v) is 3.45. The summed E-state index contributed by atoms with van der Waals surface area (Å²) in [6, 6.07) is 3.43. The average molecular weight is 338 g/mol. The zero-order valence-electron chi connectivity index (χ0n) is 13.7. The van der Waals surface area contributed by atoms with Crippen molar-refractivity contribution in [2.75, 3.05) is 6.54 Å². The number of nitrogens with zero attached hydrogens (tertiary/aromatic N) is 4. The van der Waals surface area contributed by atoms with E-state index in [4.69, 9.17) is 13.9 Å². The number of hydrogen-bond acceptors (Lipinski definition) is 5. The molecule has 4 heterocycles. The van der Waals surface area contributed by atoms with Crippen LogP contribution < -0.4 is 0 Å². The van der Waals surface area contributed by atoms with Crippen LogP contribution in [0.2, 0.25) is 0 Å². The SMILES string of the molecule is O=C(c1ccco1)N1CCc2c(c(-c3cocn3)nn2CC2CC2)C1. The molecule has 0 bridgehead atoms. The number of amides is 1. The number of carbonyl (C=O) groups is 1. The van der Waals surface area contributed by atoms with E-state index in [-0.39, 0.29) is 5.91 Å². The Kier molecular flexibility index (Phi) is 3.26. The minimum absolute atomic E-state index is 0.0864. The van der Waals surface area contributed by atoms with E-state index < -0.39 is 0 Å². The molecule has 2 aliphatic rings. The zero-order valence-corrected chi connectivity index (χ0v) is 13.7. The standard InChI is InChI=1S/C18H18N4O3/c23-18(16-2-1-7-25-16)21-6-5-15-13(9-21)17(14-10-24-11-19-14)20-22(15)8-12-3-4-12/h1-2,7,10-12H,3-6,8-9H2. The van der Waals surface area contributed by atoms with Crippen LogP contribution >= 0.6 is 0 Å². The second kappa shape index (κ2) is 5.61. The number of furan rings is 1. The molecule has 1 aliphatic heterocycles. The molecule has 7 heteroatoms. The third kappa shape index (κ3) is 2.56. The molecule has 0 saturated heterocycles. The van der Waals surface area contributed by atoms with Crippen molar-refractivity contribution in [3.05, 3.63) is 48.1 Å². The van der Waals surface area contributed by atoms with Crippen molar-refractivity contribution in [2.24, 2.45) is 5.92 Å². The van der Waals surface area contributed by atoms with E-state index in [2.05, 4.69) is 9.67 Å². The summed E-state index contributed by atoms with van der Waals surface area (Å²) in [6.45, 7) is 2.13. The largest absolute Gasteiger partial charge is 0.459 e. The summed E-state index contributed by atoms with van der Waals surface area (Å²) in [7, 11) is 0. The second-order valence-electron chi connectivity index (χ2n) is 6.73. The quantitative estimate of drug-likeness (QED) is 0.731. The van der Waals surface area contributed by atoms with Gasteiger partial charge in [-0.1, -0.05) is 0 Å². The molecule has 1 aliphatic carbocycles. The molecule has 7 nitrogen and oxygen atoms in total. The van der Waals surface area contributed by atoms with Gasteiger partial charge in [0.15, 0.2) is 12.2 Å². The van der Waals surface area contributed by atoms with E-state index in [1.165, 1.54) is 31.2 Å². The Labute approximate surface area is 144 Å². The van der Waals surface area contributed by atoms with Gasteiger partial charge in [-0.25, -0.2) is 4.98 Å². The van der Waals surface area contributed by atoms with E-state index in [9.17, 15) is 4.79 Å². The Morgan fingerprint density at radius 1 is 1.36 bits per heavy atom. The lowest BCUT2D eigenvalue weighted by atomic mass is 10.0. The van der Waals surface area contributed by atoms with Crippen LogP contribution in [-0.4, -0.2) is 32.1 Å². The van der Waals surface area contributed by atoms with Crippen molar-refractivity contribution in [3.63, 3.8) is 0 Å². The molecule has 0 unspecified atom stereocenters. The molecular weight excluding hydrogens is 320 g/mol. The maximum atomic E-state index is 12.6. The number of rotatable bonds is 4. The number of aromatic nitrogens is 3. The Hall–Kier alpha value is -2.83. The highest BCUT2D eigenvalue weighted by Crippen LogP contribution is 2.34. The van der Waals surface area contributed by atoms with Gasteiger partial charge in [-0.3, -0.25) is 9.48 Å². The first-order valence-electron chi connectivity index (χ1n) is 8.59. The molecule has 1 amide bonds. The molecule has 0 spiro atoms. The van der Waals surface area contributed by atoms with Gasteiger partial charge in [0, 0.05) is 30.8 Å². The summed E-state index contributed by atoms with van der Waals surface area (Å²) in [6.07, 6.45) is 7.89. The predicted molar refractivity (Wildman–Crippen MR) is 87.6 cm³/mol. The molecule has 3 aromatic heterocycles. The van der Waals surface area contributed by atoms with Gasteiger partial charge in [0.05, 0.1) is 12.8 Å². The van der Waals surface area contributed by atoms with E-state index >= 15 is 0 Å². The second-order valence-corrected chi connectivity index (χ2v) is 6.73. The Bertz CT molecular complexity index is 891. The van der Waals surface area contributed by atoms with Gasteiger partial charge in [-0.2, -0.15) is 5.10 Å². The van der Waals surface area contributed by atoms with Crippen molar-refractivity contribution < 1.29 is 13.6 Å². The van der Waals surface area contributed by atoms with Crippen molar-refractivity contribution in [1.82, 2.24) is 19.7 Å². The number of fused-ring (bicyclic) bond motifs is 1. The summed E-state index contributed by atoms with van der Waals surface area (Å²) in [5, 5.41) is 4.80. The molecule has 3 aromatic rings. The normalized spacial score (nSPS) is 16.9. The lowest BCUT2D eigenvalue weighted by Crippen LogP contribution is -2.36. The smallest absolute Gasteiger partial charge is 0.289 e. The molecule has 0 atom stereocenters. The first kappa shape index (κ1) is 14.5. The predicted octanol–water partition coefficient (Wildman–Crippen LogP) is 2.74. The van der Waals surface area contributed by atoms with Crippen molar-refractivity contribution in [3.8, 4) is 11.4 Å². The monoisotopic (exact) mass is 338 g/mol. The van der Waals surface area contributed by atoms with Crippen LogP contribution in [0.25, 0.3) is 11.4 Å². The lowest BCUT2D eigenvalue weighted by molar-refractivity contribution is 0.0701. The van der Waals surface area contributed by atoms with Crippen LogP contribution in [0.4, 0.5) is 0 Å². The Balaban J connectivity index is 1.50. The van der Waals surface area contributed by atoms with Crippen LogP contribution in [0.3, 0.4) is 0 Å². The Morgan fingerprint density at radius 3 is 3.00 bits per heavy atom. The van der Waals surface area contributed by atoms with Gasteiger partial charge in [0.25, 0.3) is 5.91 Å². The lowest BCUT2D eigenvalue weighted by Gasteiger charge is -2.27. The third-order valence-corrected chi connectivity index (χ3v) is 4.96. The Morgan fingerprint density at radius 2 is 2.28 bits per heavy atom. The van der Waals surface area contributed by atoms with Crippen LogP contribution in [0, 0.1) is 5.92 Å². The van der Waals surface area contributed by atoms with Gasteiger partial charge >= 0.3 is 0 Å². The fourth-order valence-electron chi connectivity index (χ4n) is 3.45. The molecule has 1 saturated carbocycles. The highest BCUT2D eigenvalue weighted by molar-refractivity contribution is 5.91. The van der Waals surface area contributed by atoms with Crippen LogP contribution in [0.5, 0.6) is 0 Å². The summed E-state index contributed by atoms with van der Waals surface area (Å²) >= 11 is 0. The summed E-state index contributed by atoms with van der Waals surface area (Å²) in [4.78, 5) is 18.7. The van der Waals surface area contributed by atoms with Gasteiger partial charge < -0.3 is 13.7 Å². The number of carbonyl (C=O) groups excluding carboxylic acids is 1. The maximum Gasteiger partial charge on any atom is 0.289 e. The first-order valence-corrected chi connectivity index (χ1v) is 8.59. The highest BCUT2D eigenvalue weighted by atomic mass is 16.3. The molecule has 25 heavy (non-hydrogen) atoms. The van der Waals surface area contributed by atoms with E-state index in [1.807, 2.05) is 4.90 Å². The maximum absolute atomic E-state index is 12.6. The van der Waals surface area contributed by atoms with Gasteiger partial charge in [-0.15, -0.1) is 0 Å².